The number of anilines is 2. The average Bonchev–Trinajstić information content (AvgIpc) is 2.47. The second-order valence-electron chi connectivity index (χ2n) is 4.87. The zero-order valence-electron chi connectivity index (χ0n) is 12.1. The quantitative estimate of drug-likeness (QED) is 0.723. The van der Waals surface area contributed by atoms with Crippen LogP contribution in [0.5, 0.6) is 0 Å². The van der Waals surface area contributed by atoms with E-state index in [1.165, 1.54) is 12.5 Å². The minimum absolute atomic E-state index is 0.188. The van der Waals surface area contributed by atoms with Crippen LogP contribution < -0.4 is 10.9 Å². The number of hydrogen-bond donors (Lipinski definition) is 2. The SMILES string of the molecule is Cc1cccc(Nc2nc(S(C)=O)nc3cc[nH]c(=O)c23)c1. The number of rotatable bonds is 3. The molecule has 6 nitrogen and oxygen atoms in total. The van der Waals surface area contributed by atoms with Crippen molar-refractivity contribution in [1.29, 1.82) is 0 Å². The third kappa shape index (κ3) is 2.75. The molecule has 112 valence electrons. The number of benzene rings is 1. The van der Waals surface area contributed by atoms with Crippen molar-refractivity contribution in [3.63, 3.8) is 0 Å². The Balaban J connectivity index is 2.22. The number of hydrogen-bond acceptors (Lipinski definition) is 5. The number of aromatic nitrogens is 3. The van der Waals surface area contributed by atoms with Crippen molar-refractivity contribution in [2.75, 3.05) is 11.6 Å². The summed E-state index contributed by atoms with van der Waals surface area (Å²) in [7, 11) is -1.34. The summed E-state index contributed by atoms with van der Waals surface area (Å²) < 4.78 is 11.7. The van der Waals surface area contributed by atoms with Crippen molar-refractivity contribution in [2.24, 2.45) is 0 Å². The van der Waals surface area contributed by atoms with Crippen LogP contribution in [0.4, 0.5) is 11.5 Å². The van der Waals surface area contributed by atoms with Gasteiger partial charge in [0.15, 0.2) is 0 Å². The fourth-order valence-corrected chi connectivity index (χ4v) is 2.60. The molecule has 1 atom stereocenters. The zero-order valence-corrected chi connectivity index (χ0v) is 12.9. The van der Waals surface area contributed by atoms with Crippen LogP contribution in [-0.2, 0) is 10.8 Å². The molecule has 0 amide bonds. The highest BCUT2D eigenvalue weighted by atomic mass is 32.2. The number of aryl methyl sites for hydroxylation is 1. The first-order valence-corrected chi connectivity index (χ1v) is 8.17. The molecular formula is C15H14N4O2S. The van der Waals surface area contributed by atoms with Crippen LogP contribution in [0.15, 0.2) is 46.5 Å². The van der Waals surface area contributed by atoms with Gasteiger partial charge in [0.2, 0.25) is 5.16 Å². The Labute approximate surface area is 129 Å². The van der Waals surface area contributed by atoms with Gasteiger partial charge in [-0.25, -0.2) is 9.97 Å². The minimum Gasteiger partial charge on any atom is -0.339 e. The Hall–Kier alpha value is -2.54. The molecule has 3 rings (SSSR count). The van der Waals surface area contributed by atoms with Crippen LogP contribution in [0, 0.1) is 6.92 Å². The summed E-state index contributed by atoms with van der Waals surface area (Å²) >= 11 is 0. The molecular weight excluding hydrogens is 300 g/mol. The Morgan fingerprint density at radius 2 is 2.05 bits per heavy atom. The van der Waals surface area contributed by atoms with Gasteiger partial charge in [0.1, 0.15) is 11.2 Å². The van der Waals surface area contributed by atoms with Crippen molar-refractivity contribution in [3.05, 3.63) is 52.4 Å². The smallest absolute Gasteiger partial charge is 0.261 e. The van der Waals surface area contributed by atoms with E-state index in [0.29, 0.717) is 16.7 Å². The van der Waals surface area contributed by atoms with E-state index >= 15 is 0 Å². The van der Waals surface area contributed by atoms with Crippen molar-refractivity contribution >= 4 is 33.2 Å². The normalized spacial score (nSPS) is 12.3. The molecule has 0 fully saturated rings. The number of nitrogens with one attached hydrogen (secondary N) is 2. The maximum Gasteiger partial charge on any atom is 0.261 e. The maximum atomic E-state index is 12.1. The third-order valence-corrected chi connectivity index (χ3v) is 3.83. The molecule has 0 radical (unpaired) electrons. The van der Waals surface area contributed by atoms with Gasteiger partial charge >= 0.3 is 0 Å². The lowest BCUT2D eigenvalue weighted by Gasteiger charge is -2.10. The van der Waals surface area contributed by atoms with Crippen molar-refractivity contribution in [2.45, 2.75) is 12.1 Å². The van der Waals surface area contributed by atoms with E-state index in [9.17, 15) is 9.00 Å². The Morgan fingerprint density at radius 3 is 2.77 bits per heavy atom. The van der Waals surface area contributed by atoms with Crippen LogP contribution in [-0.4, -0.2) is 25.4 Å². The van der Waals surface area contributed by atoms with E-state index in [-0.39, 0.29) is 10.7 Å². The molecule has 2 aromatic heterocycles. The van der Waals surface area contributed by atoms with Gasteiger partial charge in [-0.15, -0.1) is 0 Å². The summed E-state index contributed by atoms with van der Waals surface area (Å²) in [6, 6.07) is 9.36. The largest absolute Gasteiger partial charge is 0.339 e. The van der Waals surface area contributed by atoms with E-state index < -0.39 is 10.8 Å². The predicted octanol–water partition coefficient (Wildman–Crippen LogP) is 2.11. The summed E-state index contributed by atoms with van der Waals surface area (Å²) in [6.45, 7) is 1.97. The van der Waals surface area contributed by atoms with E-state index in [0.717, 1.165) is 11.3 Å². The van der Waals surface area contributed by atoms with Crippen molar-refractivity contribution in [1.82, 2.24) is 15.0 Å². The number of fused-ring (bicyclic) bond motifs is 1. The first-order valence-electron chi connectivity index (χ1n) is 6.61. The number of aromatic amines is 1. The number of nitrogens with zero attached hydrogens (tertiary/aromatic N) is 2. The summed E-state index contributed by atoms with van der Waals surface area (Å²) in [5.74, 6) is 0.350. The highest BCUT2D eigenvalue weighted by Gasteiger charge is 2.13. The molecule has 1 unspecified atom stereocenters. The third-order valence-electron chi connectivity index (χ3n) is 3.14. The second kappa shape index (κ2) is 5.69. The lowest BCUT2D eigenvalue weighted by Crippen LogP contribution is -2.11. The molecule has 1 aromatic carbocycles. The number of H-pyrrole nitrogens is 1. The molecule has 2 heterocycles. The molecule has 7 heteroatoms. The van der Waals surface area contributed by atoms with Gasteiger partial charge in [0.25, 0.3) is 5.56 Å². The molecule has 3 aromatic rings. The lowest BCUT2D eigenvalue weighted by molar-refractivity contribution is 0.680. The van der Waals surface area contributed by atoms with Gasteiger partial charge in [-0.1, -0.05) is 12.1 Å². The molecule has 22 heavy (non-hydrogen) atoms. The molecule has 0 saturated heterocycles. The van der Waals surface area contributed by atoms with Crippen LogP contribution in [0.1, 0.15) is 5.56 Å². The van der Waals surface area contributed by atoms with Crippen LogP contribution in [0.25, 0.3) is 10.9 Å². The molecule has 0 aliphatic carbocycles. The molecule has 0 bridgehead atoms. The number of pyridine rings is 1. The fourth-order valence-electron chi connectivity index (χ4n) is 2.15. The van der Waals surface area contributed by atoms with E-state index in [1.54, 1.807) is 6.07 Å². The van der Waals surface area contributed by atoms with Crippen LogP contribution >= 0.6 is 0 Å². The molecule has 0 aliphatic rings. The van der Waals surface area contributed by atoms with Crippen molar-refractivity contribution < 1.29 is 4.21 Å². The molecule has 2 N–H and O–H groups in total. The van der Waals surface area contributed by atoms with Crippen LogP contribution in [0.3, 0.4) is 0 Å². The summed E-state index contributed by atoms with van der Waals surface area (Å²) in [5.41, 5.74) is 2.05. The highest BCUT2D eigenvalue weighted by Crippen LogP contribution is 2.22. The van der Waals surface area contributed by atoms with Gasteiger partial charge in [0, 0.05) is 18.1 Å². The van der Waals surface area contributed by atoms with E-state index in [4.69, 9.17) is 0 Å². The van der Waals surface area contributed by atoms with Gasteiger partial charge in [-0.2, -0.15) is 0 Å². The summed E-state index contributed by atoms with van der Waals surface area (Å²) in [6.07, 6.45) is 3.02. The highest BCUT2D eigenvalue weighted by molar-refractivity contribution is 7.84. The standard InChI is InChI=1S/C15H14N4O2S/c1-9-4-3-5-10(8-9)17-13-12-11(6-7-16-14(12)20)18-15(19-13)22(2)21/h3-8H,1-2H3,(H,16,20)(H,17,18,19). The van der Waals surface area contributed by atoms with Crippen molar-refractivity contribution in [3.8, 4) is 0 Å². The van der Waals surface area contributed by atoms with Gasteiger partial charge < -0.3 is 10.3 Å². The average molecular weight is 314 g/mol. The lowest BCUT2D eigenvalue weighted by atomic mass is 10.2. The Bertz CT molecular complexity index is 936. The topological polar surface area (TPSA) is 87.7 Å². The van der Waals surface area contributed by atoms with Gasteiger partial charge in [-0.05, 0) is 30.7 Å². The molecule has 0 spiro atoms. The molecule has 0 aliphatic heterocycles. The summed E-state index contributed by atoms with van der Waals surface area (Å²) in [4.78, 5) is 23.1. The van der Waals surface area contributed by atoms with E-state index in [2.05, 4.69) is 20.3 Å². The summed E-state index contributed by atoms with van der Waals surface area (Å²) in [5, 5.41) is 3.65. The zero-order chi connectivity index (χ0) is 15.7. The Morgan fingerprint density at radius 1 is 1.23 bits per heavy atom. The first-order chi connectivity index (χ1) is 10.5. The maximum absolute atomic E-state index is 12.1. The van der Waals surface area contributed by atoms with Gasteiger partial charge in [-0.3, -0.25) is 9.00 Å². The monoisotopic (exact) mass is 314 g/mol. The van der Waals surface area contributed by atoms with Crippen LogP contribution in [0.2, 0.25) is 0 Å². The fraction of sp³-hybridized carbons (Fsp3) is 0.133. The van der Waals surface area contributed by atoms with Gasteiger partial charge in [0.05, 0.1) is 16.3 Å². The minimum atomic E-state index is -1.34. The molecule has 0 saturated carbocycles. The predicted molar refractivity (Wildman–Crippen MR) is 87.0 cm³/mol. The Kier molecular flexibility index (Phi) is 3.72. The van der Waals surface area contributed by atoms with E-state index in [1.807, 2.05) is 31.2 Å². The first kappa shape index (κ1) is 14.4. The second-order valence-corrected chi connectivity index (χ2v) is 6.14.